The van der Waals surface area contributed by atoms with Crippen LogP contribution in [0.1, 0.15) is 56.4 Å². The predicted molar refractivity (Wildman–Crippen MR) is 111 cm³/mol. The first kappa shape index (κ1) is 18.3. The molecule has 0 aliphatic carbocycles. The van der Waals surface area contributed by atoms with Crippen molar-refractivity contribution in [2.24, 2.45) is 0 Å². The number of halogens is 1. The summed E-state index contributed by atoms with van der Waals surface area (Å²) < 4.78 is 0. The fourth-order valence-corrected chi connectivity index (χ4v) is 4.60. The topological polar surface area (TPSA) is 32.3 Å². The number of likely N-dealkylation sites (tertiary alicyclic amines) is 1. The maximum Gasteiger partial charge on any atom is 0.148 e. The third kappa shape index (κ3) is 3.43. The highest BCUT2D eigenvalue weighted by atomic mass is 35.5. The third-order valence-electron chi connectivity index (χ3n) is 5.88. The van der Waals surface area contributed by atoms with Gasteiger partial charge in [-0.1, -0.05) is 23.7 Å². The molecule has 0 bridgehead atoms. The fraction of sp³-hybridized carbons (Fsp3) is 0.455. The minimum absolute atomic E-state index is 0.156. The number of piperidine rings is 1. The highest BCUT2D eigenvalue weighted by Crippen LogP contribution is 2.42. The van der Waals surface area contributed by atoms with E-state index in [0.717, 1.165) is 36.2 Å². The van der Waals surface area contributed by atoms with E-state index >= 15 is 0 Å². The van der Waals surface area contributed by atoms with Gasteiger partial charge in [0.15, 0.2) is 0 Å². The van der Waals surface area contributed by atoms with Gasteiger partial charge in [0.2, 0.25) is 0 Å². The van der Waals surface area contributed by atoms with Crippen molar-refractivity contribution in [1.82, 2.24) is 14.9 Å². The first-order valence-electron chi connectivity index (χ1n) is 9.74. The van der Waals surface area contributed by atoms with Crippen molar-refractivity contribution < 1.29 is 0 Å². The Kier molecular flexibility index (Phi) is 4.85. The second-order valence-corrected chi connectivity index (χ2v) is 8.50. The molecule has 0 saturated carbocycles. The molecule has 1 fully saturated rings. The van der Waals surface area contributed by atoms with Crippen molar-refractivity contribution >= 4 is 17.4 Å². The molecule has 27 heavy (non-hydrogen) atoms. The van der Waals surface area contributed by atoms with Crippen molar-refractivity contribution in [2.45, 2.75) is 51.6 Å². The van der Waals surface area contributed by atoms with E-state index < -0.39 is 0 Å². The Morgan fingerprint density at radius 1 is 1.26 bits per heavy atom. The molecular formula is C22H27ClN4. The van der Waals surface area contributed by atoms with Gasteiger partial charge in [0, 0.05) is 36.8 Å². The Balaban J connectivity index is 1.62. The second kappa shape index (κ2) is 7.16. The van der Waals surface area contributed by atoms with Crippen LogP contribution in [0.25, 0.3) is 0 Å². The van der Waals surface area contributed by atoms with Gasteiger partial charge < -0.3 is 9.80 Å². The monoisotopic (exact) mass is 382 g/mol. The molecule has 5 heteroatoms. The molecule has 1 aromatic carbocycles. The van der Waals surface area contributed by atoms with Crippen molar-refractivity contribution in [3.05, 3.63) is 64.7 Å². The first-order valence-corrected chi connectivity index (χ1v) is 10.1. The zero-order chi connectivity index (χ0) is 19.0. The SMILES string of the molecule is CC=CN1CCCC(c2cncc(N3Cc4ccc(Cl)cc4C3(C)C)n2)C1. The van der Waals surface area contributed by atoms with E-state index in [2.05, 4.69) is 60.0 Å². The van der Waals surface area contributed by atoms with Gasteiger partial charge in [0.25, 0.3) is 0 Å². The van der Waals surface area contributed by atoms with E-state index in [4.69, 9.17) is 16.6 Å². The van der Waals surface area contributed by atoms with Gasteiger partial charge in [0.1, 0.15) is 5.82 Å². The van der Waals surface area contributed by atoms with E-state index in [0.29, 0.717) is 5.92 Å². The van der Waals surface area contributed by atoms with E-state index in [1.807, 2.05) is 18.5 Å². The number of rotatable bonds is 3. The molecule has 0 radical (unpaired) electrons. The van der Waals surface area contributed by atoms with Crippen LogP contribution in [0, 0.1) is 0 Å². The summed E-state index contributed by atoms with van der Waals surface area (Å²) in [5.41, 5.74) is 3.54. The average Bonchev–Trinajstić information content (AvgIpc) is 2.93. The molecule has 0 spiro atoms. The summed E-state index contributed by atoms with van der Waals surface area (Å²) in [6.07, 6.45) is 10.5. The lowest BCUT2D eigenvalue weighted by molar-refractivity contribution is 0.276. The Bertz CT molecular complexity index is 861. The van der Waals surface area contributed by atoms with Crippen LogP contribution >= 0.6 is 11.6 Å². The van der Waals surface area contributed by atoms with Crippen LogP contribution in [0.15, 0.2) is 42.9 Å². The van der Waals surface area contributed by atoms with Gasteiger partial charge in [0.05, 0.1) is 17.4 Å². The number of benzene rings is 1. The Labute approximate surface area is 166 Å². The number of hydrogen-bond acceptors (Lipinski definition) is 4. The smallest absolute Gasteiger partial charge is 0.148 e. The molecule has 1 saturated heterocycles. The van der Waals surface area contributed by atoms with E-state index in [1.165, 1.54) is 24.0 Å². The zero-order valence-corrected chi connectivity index (χ0v) is 17.1. The van der Waals surface area contributed by atoms with Crippen LogP contribution in [-0.4, -0.2) is 28.0 Å². The fourth-order valence-electron chi connectivity index (χ4n) is 4.43. The lowest BCUT2D eigenvalue weighted by Gasteiger charge is -2.35. The maximum atomic E-state index is 6.25. The van der Waals surface area contributed by atoms with Crippen molar-refractivity contribution in [2.75, 3.05) is 18.0 Å². The van der Waals surface area contributed by atoms with Crippen molar-refractivity contribution in [3.63, 3.8) is 0 Å². The van der Waals surface area contributed by atoms with Crippen LogP contribution in [0.2, 0.25) is 5.02 Å². The summed E-state index contributed by atoms with van der Waals surface area (Å²) in [7, 11) is 0. The minimum Gasteiger partial charge on any atom is -0.377 e. The normalized spacial score (nSPS) is 21.7. The number of aromatic nitrogens is 2. The van der Waals surface area contributed by atoms with Crippen LogP contribution in [0.3, 0.4) is 0 Å². The van der Waals surface area contributed by atoms with E-state index in [9.17, 15) is 0 Å². The molecule has 0 N–H and O–H groups in total. The number of allylic oxidation sites excluding steroid dienone is 1. The second-order valence-electron chi connectivity index (χ2n) is 8.07. The van der Waals surface area contributed by atoms with Gasteiger partial charge in [-0.15, -0.1) is 0 Å². The third-order valence-corrected chi connectivity index (χ3v) is 6.12. The molecule has 2 aliphatic rings. The van der Waals surface area contributed by atoms with Crippen LogP contribution in [0.5, 0.6) is 0 Å². The molecule has 1 unspecified atom stereocenters. The van der Waals surface area contributed by atoms with Crippen LogP contribution in [-0.2, 0) is 12.1 Å². The van der Waals surface area contributed by atoms with Crippen molar-refractivity contribution in [3.8, 4) is 0 Å². The lowest BCUT2D eigenvalue weighted by atomic mass is 9.93. The number of hydrogen-bond donors (Lipinski definition) is 0. The summed E-state index contributed by atoms with van der Waals surface area (Å²) in [6.45, 7) is 9.52. The molecule has 4 nitrogen and oxygen atoms in total. The largest absolute Gasteiger partial charge is 0.377 e. The standard InChI is InChI=1S/C22H27ClN4/c1-4-9-26-10-5-6-17(14-26)20-12-24-13-21(25-20)27-15-16-7-8-18(23)11-19(16)22(27,2)3/h4,7-9,11-13,17H,5-6,10,14-15H2,1-3H3. The number of nitrogens with zero attached hydrogens (tertiary/aromatic N) is 4. The molecule has 3 heterocycles. The van der Waals surface area contributed by atoms with Crippen LogP contribution in [0.4, 0.5) is 5.82 Å². The highest BCUT2D eigenvalue weighted by molar-refractivity contribution is 6.30. The average molecular weight is 383 g/mol. The first-order chi connectivity index (χ1) is 13.0. The Hall–Kier alpha value is -2.07. The lowest BCUT2D eigenvalue weighted by Crippen LogP contribution is -2.36. The Morgan fingerprint density at radius 2 is 2.11 bits per heavy atom. The molecule has 142 valence electrons. The summed E-state index contributed by atoms with van der Waals surface area (Å²) in [5.74, 6) is 1.39. The minimum atomic E-state index is -0.156. The zero-order valence-electron chi connectivity index (χ0n) is 16.3. The predicted octanol–water partition coefficient (Wildman–Crippen LogP) is 5.10. The van der Waals surface area contributed by atoms with Gasteiger partial charge in [-0.3, -0.25) is 4.98 Å². The number of anilines is 1. The maximum absolute atomic E-state index is 6.25. The molecule has 1 aromatic heterocycles. The summed E-state index contributed by atoms with van der Waals surface area (Å²) in [5, 5.41) is 0.787. The molecule has 4 rings (SSSR count). The molecule has 0 amide bonds. The summed E-state index contributed by atoms with van der Waals surface area (Å²) in [4.78, 5) is 14.3. The van der Waals surface area contributed by atoms with E-state index in [1.54, 1.807) is 0 Å². The van der Waals surface area contributed by atoms with Gasteiger partial charge in [-0.25, -0.2) is 4.98 Å². The Morgan fingerprint density at radius 3 is 2.93 bits per heavy atom. The quantitative estimate of drug-likeness (QED) is 0.739. The van der Waals surface area contributed by atoms with E-state index in [-0.39, 0.29) is 5.54 Å². The molecule has 1 atom stereocenters. The summed E-state index contributed by atoms with van der Waals surface area (Å²) >= 11 is 6.25. The molecular weight excluding hydrogens is 356 g/mol. The van der Waals surface area contributed by atoms with Crippen molar-refractivity contribution in [1.29, 1.82) is 0 Å². The molecule has 2 aromatic rings. The molecule has 2 aliphatic heterocycles. The van der Waals surface area contributed by atoms with Gasteiger partial charge in [-0.2, -0.15) is 0 Å². The van der Waals surface area contributed by atoms with Gasteiger partial charge in [-0.05, 0) is 63.1 Å². The van der Waals surface area contributed by atoms with Crippen LogP contribution < -0.4 is 4.90 Å². The number of fused-ring (bicyclic) bond motifs is 1. The highest BCUT2D eigenvalue weighted by Gasteiger charge is 2.38. The van der Waals surface area contributed by atoms with Gasteiger partial charge >= 0.3 is 0 Å². The summed E-state index contributed by atoms with van der Waals surface area (Å²) in [6, 6.07) is 6.19.